The zero-order chi connectivity index (χ0) is 27.2. The topological polar surface area (TPSA) is 97.3 Å². The molecule has 0 aliphatic carbocycles. The first-order chi connectivity index (χ1) is 17.9. The molecule has 0 unspecified atom stereocenters. The highest BCUT2D eigenvalue weighted by atomic mass is 32.2. The van der Waals surface area contributed by atoms with Crippen LogP contribution < -0.4 is 19.1 Å². The molecule has 0 amide bonds. The fraction of sp³-hybridized carbons (Fsp3) is 0.250. The van der Waals surface area contributed by atoms with Crippen molar-refractivity contribution in [1.82, 2.24) is 4.72 Å². The van der Waals surface area contributed by atoms with E-state index in [2.05, 4.69) is 9.46 Å². The zero-order valence-electron chi connectivity index (χ0n) is 19.2. The molecular weight excluding hydrogens is 539 g/mol. The van der Waals surface area contributed by atoms with E-state index in [-0.39, 0.29) is 29.6 Å². The smallest absolute Gasteiger partial charge is 0.453 e. The first-order valence-corrected chi connectivity index (χ1v) is 12.6. The molecule has 1 fully saturated rings. The molecule has 0 bridgehead atoms. The molecule has 0 radical (unpaired) electrons. The Hall–Kier alpha value is -3.46. The van der Waals surface area contributed by atoms with Crippen LogP contribution in [0.5, 0.6) is 17.2 Å². The van der Waals surface area contributed by atoms with E-state index < -0.39 is 52.0 Å². The van der Waals surface area contributed by atoms with Gasteiger partial charge in [0, 0.05) is 12.1 Å². The van der Waals surface area contributed by atoms with Gasteiger partial charge in [0.25, 0.3) is 0 Å². The number of aliphatic hydroxyl groups is 1. The zero-order valence-corrected chi connectivity index (χ0v) is 20.0. The van der Waals surface area contributed by atoms with Gasteiger partial charge in [-0.15, -0.1) is 13.2 Å². The van der Waals surface area contributed by atoms with Crippen molar-refractivity contribution >= 4 is 21.4 Å². The third kappa shape index (κ3) is 5.25. The summed E-state index contributed by atoms with van der Waals surface area (Å²) in [4.78, 5) is 1.19. The van der Waals surface area contributed by atoms with Gasteiger partial charge in [-0.25, -0.2) is 21.9 Å². The van der Waals surface area contributed by atoms with Crippen molar-refractivity contribution in [3.8, 4) is 17.2 Å². The molecule has 3 aromatic rings. The number of halogens is 5. The van der Waals surface area contributed by atoms with Crippen LogP contribution in [-0.4, -0.2) is 51.3 Å². The Morgan fingerprint density at radius 2 is 1.50 bits per heavy atom. The Morgan fingerprint density at radius 1 is 0.921 bits per heavy atom. The first kappa shape index (κ1) is 26.2. The maximum atomic E-state index is 13.9. The Bertz CT molecular complexity index is 1400. The summed E-state index contributed by atoms with van der Waals surface area (Å²) in [5.41, 5.74) is 0.670. The number of alkyl halides is 3. The minimum absolute atomic E-state index is 0.0548. The van der Waals surface area contributed by atoms with Gasteiger partial charge in [-0.05, 0) is 48.5 Å². The predicted molar refractivity (Wildman–Crippen MR) is 123 cm³/mol. The highest BCUT2D eigenvalue weighted by molar-refractivity contribution is 7.89. The molecule has 38 heavy (non-hydrogen) atoms. The Kier molecular flexibility index (Phi) is 6.67. The van der Waals surface area contributed by atoms with Crippen LogP contribution in [0.3, 0.4) is 0 Å². The van der Waals surface area contributed by atoms with E-state index in [1.54, 1.807) is 4.90 Å². The summed E-state index contributed by atoms with van der Waals surface area (Å²) in [6.07, 6.45) is -6.33. The average molecular weight is 558 g/mol. The van der Waals surface area contributed by atoms with Gasteiger partial charge < -0.3 is 24.2 Å². The maximum absolute atomic E-state index is 13.9. The number of hydrogen-bond donors (Lipinski definition) is 2. The second kappa shape index (κ2) is 9.69. The second-order valence-corrected chi connectivity index (χ2v) is 10.3. The summed E-state index contributed by atoms with van der Waals surface area (Å²) in [5.74, 6) is -1.71. The van der Waals surface area contributed by atoms with Crippen molar-refractivity contribution in [2.45, 2.75) is 29.4 Å². The number of anilines is 2. The third-order valence-corrected chi connectivity index (χ3v) is 7.49. The van der Waals surface area contributed by atoms with Crippen molar-refractivity contribution in [3.05, 3.63) is 72.3 Å². The molecular formula is C24H19F5N2O6S. The summed E-state index contributed by atoms with van der Waals surface area (Å²) in [6, 6.07) is 8.79. The van der Waals surface area contributed by atoms with Gasteiger partial charge in [-0.3, -0.25) is 0 Å². The van der Waals surface area contributed by atoms with Gasteiger partial charge in [0.15, 0.2) is 11.5 Å². The molecule has 202 valence electrons. The van der Waals surface area contributed by atoms with Crippen LogP contribution in [-0.2, 0) is 14.8 Å². The lowest BCUT2D eigenvalue weighted by atomic mass is 9.98. The molecule has 3 atom stereocenters. The van der Waals surface area contributed by atoms with Crippen LogP contribution in [0.4, 0.5) is 33.3 Å². The van der Waals surface area contributed by atoms with Gasteiger partial charge in [0.1, 0.15) is 17.4 Å². The van der Waals surface area contributed by atoms with Gasteiger partial charge in [-0.2, -0.15) is 0 Å². The monoisotopic (exact) mass is 558 g/mol. The Labute approximate surface area is 213 Å². The van der Waals surface area contributed by atoms with E-state index in [0.29, 0.717) is 11.4 Å². The molecule has 3 aromatic carbocycles. The molecule has 1 saturated heterocycles. The molecule has 2 aliphatic rings. The minimum Gasteiger partial charge on any atom is -0.453 e. The molecule has 2 heterocycles. The molecule has 0 spiro atoms. The Morgan fingerprint density at radius 3 is 2.05 bits per heavy atom. The van der Waals surface area contributed by atoms with Crippen LogP contribution in [0.15, 0.2) is 65.6 Å². The van der Waals surface area contributed by atoms with Crippen molar-refractivity contribution in [1.29, 1.82) is 0 Å². The fourth-order valence-corrected chi connectivity index (χ4v) is 5.58. The molecule has 14 heteroatoms. The van der Waals surface area contributed by atoms with Gasteiger partial charge >= 0.3 is 6.36 Å². The summed E-state index contributed by atoms with van der Waals surface area (Å²) in [7, 11) is -4.31. The number of ether oxygens (including phenoxy) is 3. The third-order valence-electron chi connectivity index (χ3n) is 5.98. The van der Waals surface area contributed by atoms with Crippen molar-refractivity contribution in [3.63, 3.8) is 0 Å². The van der Waals surface area contributed by atoms with Gasteiger partial charge in [0.05, 0.1) is 47.7 Å². The van der Waals surface area contributed by atoms with Crippen LogP contribution in [0.1, 0.15) is 0 Å². The van der Waals surface area contributed by atoms with E-state index in [1.165, 1.54) is 24.3 Å². The molecule has 2 aliphatic heterocycles. The number of nitrogens with one attached hydrogen (secondary N) is 1. The van der Waals surface area contributed by atoms with Gasteiger partial charge in [0.2, 0.25) is 10.0 Å². The van der Waals surface area contributed by atoms with Crippen LogP contribution in [0.25, 0.3) is 0 Å². The number of sulfonamides is 1. The highest BCUT2D eigenvalue weighted by Gasteiger charge is 2.42. The normalized spacial score (nSPS) is 21.3. The first-order valence-electron chi connectivity index (χ1n) is 11.1. The summed E-state index contributed by atoms with van der Waals surface area (Å²) in [6.45, 7) is -0.292. The molecule has 0 aromatic heterocycles. The van der Waals surface area contributed by atoms with E-state index in [9.17, 15) is 35.5 Å². The van der Waals surface area contributed by atoms with E-state index in [0.717, 1.165) is 36.4 Å². The lowest BCUT2D eigenvalue weighted by Crippen LogP contribution is -2.60. The van der Waals surface area contributed by atoms with E-state index in [4.69, 9.17) is 9.47 Å². The van der Waals surface area contributed by atoms with E-state index >= 15 is 0 Å². The minimum atomic E-state index is -4.94. The fourth-order valence-electron chi connectivity index (χ4n) is 4.34. The number of nitrogens with zero attached hydrogens (tertiary/aromatic N) is 1. The van der Waals surface area contributed by atoms with E-state index in [1.807, 2.05) is 0 Å². The lowest BCUT2D eigenvalue weighted by molar-refractivity contribution is -0.274. The Balaban J connectivity index is 1.42. The largest absolute Gasteiger partial charge is 0.573 e. The number of fused-ring (bicyclic) bond motifs is 2. The summed E-state index contributed by atoms with van der Waals surface area (Å²) < 4.78 is 108. The standard InChI is InChI=1S/C24H19F5N2O6S/c25-13-1-7-18-21(9-13)36-22-10-14(26)2-8-19(22)31(18)20-12-35-11-17(23(20)32)30-38(33,34)16-5-3-15(4-6-16)37-24(27,28)29/h1-10,17,20,23,30,32H,11-12H2/t17-,20+,23+/m1/s1. The summed E-state index contributed by atoms with van der Waals surface area (Å²) >= 11 is 0. The highest BCUT2D eigenvalue weighted by Crippen LogP contribution is 2.49. The van der Waals surface area contributed by atoms with Gasteiger partial charge in [-0.1, -0.05) is 0 Å². The second-order valence-electron chi connectivity index (χ2n) is 8.54. The van der Waals surface area contributed by atoms with Crippen molar-refractivity contribution < 1.29 is 49.7 Å². The van der Waals surface area contributed by atoms with Crippen LogP contribution >= 0.6 is 0 Å². The van der Waals surface area contributed by atoms with Crippen LogP contribution in [0.2, 0.25) is 0 Å². The molecule has 5 rings (SSSR count). The van der Waals surface area contributed by atoms with Crippen molar-refractivity contribution in [2.75, 3.05) is 18.1 Å². The number of aliphatic hydroxyl groups excluding tert-OH is 1. The number of benzene rings is 3. The van der Waals surface area contributed by atoms with Crippen molar-refractivity contribution in [2.24, 2.45) is 0 Å². The number of rotatable bonds is 5. The molecule has 0 saturated carbocycles. The predicted octanol–water partition coefficient (Wildman–Crippen LogP) is 4.21. The molecule has 2 N–H and O–H groups in total. The summed E-state index contributed by atoms with van der Waals surface area (Å²) in [5, 5.41) is 11.2. The lowest BCUT2D eigenvalue weighted by Gasteiger charge is -2.44. The quantitative estimate of drug-likeness (QED) is 0.453. The SMILES string of the molecule is O=S(=O)(N[C@@H]1COC[C@H](N2c3ccc(F)cc3Oc3cc(F)ccc32)[C@H]1O)c1ccc(OC(F)(F)F)cc1. The van der Waals surface area contributed by atoms with Crippen LogP contribution in [0, 0.1) is 11.6 Å². The average Bonchev–Trinajstić information content (AvgIpc) is 2.83. The molecule has 8 nitrogen and oxygen atoms in total. The maximum Gasteiger partial charge on any atom is 0.573 e. The number of hydrogen-bond acceptors (Lipinski definition) is 7.